The van der Waals surface area contributed by atoms with Crippen molar-refractivity contribution in [2.45, 2.75) is 35.1 Å². The third-order valence-electron chi connectivity index (χ3n) is 6.90. The Labute approximate surface area is 201 Å². The number of nitrogen functional groups attached to an aromatic ring is 1. The van der Waals surface area contributed by atoms with E-state index in [4.69, 9.17) is 29.4 Å². The number of aromatic nitrogens is 5. The quantitative estimate of drug-likeness (QED) is 0.457. The molecule has 0 radical (unpaired) electrons. The number of anilines is 2. The van der Waals surface area contributed by atoms with Crippen LogP contribution in [0.15, 0.2) is 59.0 Å². The molecule has 33 heavy (non-hydrogen) atoms. The molecule has 1 unspecified atom stereocenters. The summed E-state index contributed by atoms with van der Waals surface area (Å²) in [6, 6.07) is 5.72. The Balaban J connectivity index is 1.26. The van der Waals surface area contributed by atoms with Crippen molar-refractivity contribution in [3.8, 4) is 0 Å². The first-order valence-electron chi connectivity index (χ1n) is 11.3. The minimum absolute atomic E-state index is 0.0258. The SMILES string of the molecule is [2H]c1cc(Sc2cnc(N3CCC4(CC3)Cc3ncccc3C4N)n3ccnc23)c(Cl)c(N)n1. The van der Waals surface area contributed by atoms with Gasteiger partial charge in [0.15, 0.2) is 5.65 Å². The average molecular weight is 480 g/mol. The maximum absolute atomic E-state index is 7.85. The predicted octanol–water partition coefficient (Wildman–Crippen LogP) is 3.75. The normalized spacial score (nSPS) is 19.8. The van der Waals surface area contributed by atoms with Crippen LogP contribution in [0.1, 0.15) is 31.5 Å². The van der Waals surface area contributed by atoms with Crippen LogP contribution >= 0.6 is 23.4 Å². The molecule has 1 saturated heterocycles. The average Bonchev–Trinajstić information content (AvgIpc) is 3.42. The van der Waals surface area contributed by atoms with Crippen LogP contribution in [0.4, 0.5) is 11.8 Å². The lowest BCUT2D eigenvalue weighted by molar-refractivity contribution is 0.186. The zero-order chi connectivity index (χ0) is 23.4. The van der Waals surface area contributed by atoms with Gasteiger partial charge in [0.25, 0.3) is 0 Å². The summed E-state index contributed by atoms with van der Waals surface area (Å²) >= 11 is 7.72. The molecule has 1 aliphatic heterocycles. The van der Waals surface area contributed by atoms with E-state index in [0.29, 0.717) is 9.92 Å². The molecular formula is C23H23ClN8S. The largest absolute Gasteiger partial charge is 0.382 e. The van der Waals surface area contributed by atoms with Gasteiger partial charge in [-0.25, -0.2) is 15.0 Å². The maximum Gasteiger partial charge on any atom is 0.211 e. The van der Waals surface area contributed by atoms with Crippen molar-refractivity contribution in [1.82, 2.24) is 24.3 Å². The smallest absolute Gasteiger partial charge is 0.211 e. The standard InChI is InChI=1S/C23H23ClN8S/c24-18-16(3-7-28-20(18)26)33-17-13-30-22(32-11-8-29-21(17)32)31-9-4-23(5-10-31)12-15-14(19(23)25)2-1-6-27-15/h1-3,6-8,11,13,19H,4-5,9-10,12,25H2,(H2,26,28)/i7D. The fourth-order valence-electron chi connectivity index (χ4n) is 5.08. The van der Waals surface area contributed by atoms with Gasteiger partial charge in [0.2, 0.25) is 5.95 Å². The number of pyridine rings is 2. The van der Waals surface area contributed by atoms with Crippen molar-refractivity contribution in [2.24, 2.45) is 11.1 Å². The second-order valence-electron chi connectivity index (χ2n) is 8.64. The number of piperidine rings is 1. The van der Waals surface area contributed by atoms with Crippen LogP contribution in [-0.4, -0.2) is 37.4 Å². The van der Waals surface area contributed by atoms with Gasteiger partial charge >= 0.3 is 0 Å². The van der Waals surface area contributed by atoms with E-state index in [9.17, 15) is 0 Å². The topological polar surface area (TPSA) is 111 Å². The summed E-state index contributed by atoms with van der Waals surface area (Å²) in [6.07, 6.45) is 10.3. The first-order valence-corrected chi connectivity index (χ1v) is 12.0. The zero-order valence-electron chi connectivity index (χ0n) is 18.8. The van der Waals surface area contributed by atoms with Crippen molar-refractivity contribution in [3.05, 3.63) is 65.4 Å². The third-order valence-corrected chi connectivity index (χ3v) is 8.46. The van der Waals surface area contributed by atoms with Gasteiger partial charge in [0.1, 0.15) is 5.82 Å². The molecule has 1 atom stereocenters. The molecule has 5 heterocycles. The molecular weight excluding hydrogens is 456 g/mol. The first kappa shape index (κ1) is 19.6. The number of nitrogens with zero attached hydrogens (tertiary/aromatic N) is 6. The van der Waals surface area contributed by atoms with Gasteiger partial charge in [-0.15, -0.1) is 0 Å². The monoisotopic (exact) mass is 479 g/mol. The fourth-order valence-corrected chi connectivity index (χ4v) is 6.18. The van der Waals surface area contributed by atoms with E-state index in [1.54, 1.807) is 12.3 Å². The molecule has 1 aliphatic carbocycles. The molecule has 1 fully saturated rings. The van der Waals surface area contributed by atoms with Crippen molar-refractivity contribution in [3.63, 3.8) is 0 Å². The molecule has 168 valence electrons. The van der Waals surface area contributed by atoms with E-state index in [-0.39, 0.29) is 23.4 Å². The van der Waals surface area contributed by atoms with Gasteiger partial charge in [-0.05, 0) is 42.4 Å². The molecule has 4 aromatic rings. The molecule has 4 aromatic heterocycles. The minimum atomic E-state index is 0.0258. The van der Waals surface area contributed by atoms with Gasteiger partial charge in [-0.2, -0.15) is 0 Å². The number of fused-ring (bicyclic) bond motifs is 2. The molecule has 1 spiro atoms. The van der Waals surface area contributed by atoms with Gasteiger partial charge in [-0.3, -0.25) is 9.38 Å². The molecule has 6 rings (SSSR count). The van der Waals surface area contributed by atoms with Crippen LogP contribution in [-0.2, 0) is 6.42 Å². The maximum atomic E-state index is 7.85. The Bertz CT molecular complexity index is 1400. The fraction of sp³-hybridized carbons (Fsp3) is 0.304. The van der Waals surface area contributed by atoms with Crippen LogP contribution in [0, 0.1) is 5.41 Å². The number of nitrogens with two attached hydrogens (primary N) is 2. The Morgan fingerprint density at radius 1 is 1.12 bits per heavy atom. The lowest BCUT2D eigenvalue weighted by atomic mass is 9.73. The Morgan fingerprint density at radius 2 is 1.97 bits per heavy atom. The van der Waals surface area contributed by atoms with Crippen LogP contribution in [0.25, 0.3) is 5.65 Å². The summed E-state index contributed by atoms with van der Waals surface area (Å²) in [6.45, 7) is 1.73. The molecule has 0 aromatic carbocycles. The highest BCUT2D eigenvalue weighted by molar-refractivity contribution is 7.99. The van der Waals surface area contributed by atoms with Crippen molar-refractivity contribution in [1.29, 1.82) is 0 Å². The summed E-state index contributed by atoms with van der Waals surface area (Å²) in [7, 11) is 0. The summed E-state index contributed by atoms with van der Waals surface area (Å²) in [5.74, 6) is 1.00. The second-order valence-corrected chi connectivity index (χ2v) is 10.1. The molecule has 2 aliphatic rings. The van der Waals surface area contributed by atoms with Gasteiger partial charge in [0, 0.05) is 60.7 Å². The Morgan fingerprint density at radius 3 is 2.79 bits per heavy atom. The van der Waals surface area contributed by atoms with Crippen LogP contribution in [0.5, 0.6) is 0 Å². The Hall–Kier alpha value is -2.88. The molecule has 0 bridgehead atoms. The molecule has 0 amide bonds. The third kappa shape index (κ3) is 3.34. The lowest BCUT2D eigenvalue weighted by Gasteiger charge is -2.42. The van der Waals surface area contributed by atoms with E-state index in [0.717, 1.165) is 54.5 Å². The van der Waals surface area contributed by atoms with Crippen molar-refractivity contribution < 1.29 is 1.37 Å². The van der Waals surface area contributed by atoms with Crippen LogP contribution in [0.3, 0.4) is 0 Å². The van der Waals surface area contributed by atoms with Crippen molar-refractivity contribution >= 4 is 40.8 Å². The van der Waals surface area contributed by atoms with Gasteiger partial charge < -0.3 is 16.4 Å². The number of imidazole rings is 1. The summed E-state index contributed by atoms with van der Waals surface area (Å²) in [5.41, 5.74) is 15.7. The highest BCUT2D eigenvalue weighted by Gasteiger charge is 2.46. The molecule has 10 heteroatoms. The first-order chi connectivity index (χ1) is 16.4. The number of hydrogen-bond acceptors (Lipinski definition) is 8. The number of rotatable bonds is 3. The lowest BCUT2D eigenvalue weighted by Crippen LogP contribution is -2.45. The van der Waals surface area contributed by atoms with Gasteiger partial charge in [-0.1, -0.05) is 29.4 Å². The van der Waals surface area contributed by atoms with E-state index in [1.165, 1.54) is 17.3 Å². The molecule has 8 nitrogen and oxygen atoms in total. The predicted molar refractivity (Wildman–Crippen MR) is 130 cm³/mol. The summed E-state index contributed by atoms with van der Waals surface area (Å²) in [5, 5.41) is 0.333. The minimum Gasteiger partial charge on any atom is -0.382 e. The van der Waals surface area contributed by atoms with Crippen LogP contribution in [0.2, 0.25) is 5.02 Å². The summed E-state index contributed by atoms with van der Waals surface area (Å²) in [4.78, 5) is 21.6. The number of hydrogen-bond donors (Lipinski definition) is 2. The second kappa shape index (κ2) is 7.86. The highest BCUT2D eigenvalue weighted by Crippen LogP contribution is 2.50. The summed E-state index contributed by atoms with van der Waals surface area (Å²) < 4.78 is 9.85. The van der Waals surface area contributed by atoms with Gasteiger partial charge in [0.05, 0.1) is 11.3 Å². The van der Waals surface area contributed by atoms with E-state index in [1.807, 2.05) is 29.1 Å². The van der Waals surface area contributed by atoms with Crippen LogP contribution < -0.4 is 16.4 Å². The number of halogens is 1. The van der Waals surface area contributed by atoms with E-state index in [2.05, 4.69) is 25.9 Å². The van der Waals surface area contributed by atoms with E-state index >= 15 is 0 Å². The molecule has 0 saturated carbocycles. The van der Waals surface area contributed by atoms with Crippen molar-refractivity contribution in [2.75, 3.05) is 23.7 Å². The van der Waals surface area contributed by atoms with E-state index < -0.39 is 0 Å². The highest BCUT2D eigenvalue weighted by atomic mass is 35.5. The Kier molecular flexibility index (Phi) is 4.66. The zero-order valence-corrected chi connectivity index (χ0v) is 19.4. The molecule has 4 N–H and O–H groups in total.